The summed E-state index contributed by atoms with van der Waals surface area (Å²) in [5.41, 5.74) is 3.94. The van der Waals surface area contributed by atoms with Gasteiger partial charge in [-0.05, 0) is 0 Å². The van der Waals surface area contributed by atoms with E-state index in [1.54, 1.807) is 0 Å². The van der Waals surface area contributed by atoms with E-state index in [9.17, 15) is 13.6 Å². The molecule has 1 aromatic heterocycles. The molecule has 1 aromatic rings. The molecule has 5 nitrogen and oxygen atoms in total. The molecule has 0 unspecified atom stereocenters. The number of methoxy groups -OCH3 is 1. The van der Waals surface area contributed by atoms with Gasteiger partial charge in [0.15, 0.2) is 0 Å². The summed E-state index contributed by atoms with van der Waals surface area (Å²) in [6.07, 6.45) is -2.92. The van der Waals surface area contributed by atoms with Gasteiger partial charge >= 0.3 is 5.97 Å². The number of aromatic carboxylic acids is 1. The number of alkyl halides is 2. The molecule has 0 aliphatic carbocycles. The second-order valence-corrected chi connectivity index (χ2v) is 2.89. The van der Waals surface area contributed by atoms with Crippen molar-refractivity contribution >= 4 is 5.97 Å². The molecule has 0 radical (unpaired) electrons. The molecule has 0 aromatic carbocycles. The Balaban J connectivity index is 3.47. The van der Waals surface area contributed by atoms with Crippen LogP contribution >= 0.6 is 0 Å². The highest BCUT2D eigenvalue weighted by atomic mass is 19.3. The molecule has 16 heavy (non-hydrogen) atoms. The number of hydrogen-bond donors (Lipinski definition) is 2. The maximum Gasteiger partial charge on any atom is 0.338 e. The summed E-state index contributed by atoms with van der Waals surface area (Å²) in [6, 6.07) is 0.896. The van der Waals surface area contributed by atoms with Gasteiger partial charge in [-0.15, -0.1) is 0 Å². The van der Waals surface area contributed by atoms with Crippen LogP contribution in [-0.4, -0.2) is 23.2 Å². The molecule has 1 heterocycles. The Morgan fingerprint density at radius 2 is 2.31 bits per heavy atom. The zero-order chi connectivity index (χ0) is 12.3. The van der Waals surface area contributed by atoms with Crippen molar-refractivity contribution in [2.45, 2.75) is 13.0 Å². The summed E-state index contributed by atoms with van der Waals surface area (Å²) in [5.74, 6) is -1.56. The van der Waals surface area contributed by atoms with Crippen molar-refractivity contribution in [3.8, 4) is 5.88 Å². The second-order valence-electron chi connectivity index (χ2n) is 2.89. The Morgan fingerprint density at radius 3 is 2.69 bits per heavy atom. The molecular weight excluding hydrogens is 222 g/mol. The molecule has 3 N–H and O–H groups in total. The van der Waals surface area contributed by atoms with Gasteiger partial charge in [0, 0.05) is 18.2 Å². The van der Waals surface area contributed by atoms with Crippen LogP contribution in [0, 0.1) is 0 Å². The maximum absolute atomic E-state index is 12.6. The highest BCUT2D eigenvalue weighted by Gasteiger charge is 2.23. The number of carbonyl (C=O) groups is 1. The van der Waals surface area contributed by atoms with Crippen LogP contribution in [0.3, 0.4) is 0 Å². The van der Waals surface area contributed by atoms with Gasteiger partial charge in [0.1, 0.15) is 0 Å². The van der Waals surface area contributed by atoms with Crippen molar-refractivity contribution in [1.29, 1.82) is 0 Å². The van der Waals surface area contributed by atoms with Crippen molar-refractivity contribution in [3.63, 3.8) is 0 Å². The molecule has 7 heteroatoms. The summed E-state index contributed by atoms with van der Waals surface area (Å²) in [7, 11) is 1.25. The molecule has 0 amide bonds. The Morgan fingerprint density at radius 1 is 1.69 bits per heavy atom. The molecule has 0 spiro atoms. The average Bonchev–Trinajstić information content (AvgIpc) is 2.26. The standard InChI is InChI=1S/C9H10F2N2O3/c1-16-6-2-4(8(10)11)7(9(14)15)5(3-12)13-6/h2,8H,3,12H2,1H3,(H,14,15). The van der Waals surface area contributed by atoms with E-state index in [0.717, 1.165) is 6.07 Å². The third kappa shape index (κ3) is 2.25. The van der Waals surface area contributed by atoms with Gasteiger partial charge < -0.3 is 15.6 Å². The zero-order valence-electron chi connectivity index (χ0n) is 8.41. The highest BCUT2D eigenvalue weighted by molar-refractivity contribution is 5.91. The number of nitrogens with two attached hydrogens (primary N) is 1. The molecular formula is C9H10F2N2O3. The van der Waals surface area contributed by atoms with Gasteiger partial charge in [0.05, 0.1) is 18.4 Å². The van der Waals surface area contributed by atoms with Crippen LogP contribution in [0.1, 0.15) is 28.0 Å². The quantitative estimate of drug-likeness (QED) is 0.814. The smallest absolute Gasteiger partial charge is 0.338 e. The lowest BCUT2D eigenvalue weighted by Crippen LogP contribution is -2.13. The molecule has 1 rings (SSSR count). The third-order valence-corrected chi connectivity index (χ3v) is 1.95. The van der Waals surface area contributed by atoms with E-state index in [-0.39, 0.29) is 18.1 Å². The minimum Gasteiger partial charge on any atom is -0.481 e. The first-order valence-corrected chi connectivity index (χ1v) is 4.30. The number of rotatable bonds is 4. The zero-order valence-corrected chi connectivity index (χ0v) is 8.41. The summed E-state index contributed by atoms with van der Waals surface area (Å²) in [5, 5.41) is 8.82. The molecule has 0 aliphatic rings. The summed E-state index contributed by atoms with van der Waals surface area (Å²) < 4.78 is 30.0. The molecule has 0 saturated heterocycles. The van der Waals surface area contributed by atoms with Crippen LogP contribution in [0.25, 0.3) is 0 Å². The molecule has 0 bridgehead atoms. The summed E-state index contributed by atoms with van der Waals surface area (Å²) in [4.78, 5) is 14.5. The van der Waals surface area contributed by atoms with E-state index < -0.39 is 23.5 Å². The SMILES string of the molecule is COc1cc(C(F)F)c(C(=O)O)c(CN)n1. The van der Waals surface area contributed by atoms with Crippen molar-refractivity contribution < 1.29 is 23.4 Å². The van der Waals surface area contributed by atoms with Gasteiger partial charge in [0.2, 0.25) is 5.88 Å². The summed E-state index contributed by atoms with van der Waals surface area (Å²) >= 11 is 0. The van der Waals surface area contributed by atoms with E-state index in [2.05, 4.69) is 9.72 Å². The lowest BCUT2D eigenvalue weighted by Gasteiger charge is -2.11. The van der Waals surface area contributed by atoms with Gasteiger partial charge in [-0.2, -0.15) is 0 Å². The minimum absolute atomic E-state index is 0.0826. The van der Waals surface area contributed by atoms with Crippen LogP contribution in [0.2, 0.25) is 0 Å². The van der Waals surface area contributed by atoms with Crippen molar-refractivity contribution in [2.75, 3.05) is 7.11 Å². The molecule has 0 fully saturated rings. The molecule has 0 aliphatic heterocycles. The monoisotopic (exact) mass is 232 g/mol. The van der Waals surface area contributed by atoms with Gasteiger partial charge in [-0.25, -0.2) is 18.6 Å². The van der Waals surface area contributed by atoms with Crippen LogP contribution in [-0.2, 0) is 6.54 Å². The molecule has 0 atom stereocenters. The maximum atomic E-state index is 12.6. The molecule has 0 saturated carbocycles. The Bertz CT molecular complexity index is 410. The predicted octanol–water partition coefficient (Wildman–Crippen LogP) is 1.18. The fourth-order valence-corrected chi connectivity index (χ4v) is 1.26. The van der Waals surface area contributed by atoms with Crippen molar-refractivity contribution in [1.82, 2.24) is 4.98 Å². The first-order valence-electron chi connectivity index (χ1n) is 4.30. The van der Waals surface area contributed by atoms with E-state index in [1.165, 1.54) is 7.11 Å². The summed E-state index contributed by atoms with van der Waals surface area (Å²) in [6.45, 7) is -0.251. The topological polar surface area (TPSA) is 85.4 Å². The lowest BCUT2D eigenvalue weighted by atomic mass is 10.1. The Labute approximate surface area is 89.9 Å². The Kier molecular flexibility index (Phi) is 3.73. The molecule has 88 valence electrons. The van der Waals surface area contributed by atoms with Crippen LogP contribution in [0.4, 0.5) is 8.78 Å². The largest absolute Gasteiger partial charge is 0.481 e. The number of aromatic nitrogens is 1. The first kappa shape index (κ1) is 12.3. The van der Waals surface area contributed by atoms with Gasteiger partial charge in [-0.1, -0.05) is 0 Å². The fraction of sp³-hybridized carbons (Fsp3) is 0.333. The number of carboxylic acid groups (broad SMARTS) is 1. The van der Waals surface area contributed by atoms with E-state index >= 15 is 0 Å². The van der Waals surface area contributed by atoms with E-state index in [4.69, 9.17) is 10.8 Å². The number of carboxylic acids is 1. The third-order valence-electron chi connectivity index (χ3n) is 1.95. The van der Waals surface area contributed by atoms with E-state index in [1.807, 2.05) is 0 Å². The van der Waals surface area contributed by atoms with Crippen LogP contribution in [0.5, 0.6) is 5.88 Å². The normalized spacial score (nSPS) is 10.6. The van der Waals surface area contributed by atoms with Crippen molar-refractivity contribution in [2.24, 2.45) is 5.73 Å². The predicted molar refractivity (Wildman–Crippen MR) is 50.6 cm³/mol. The second kappa shape index (κ2) is 4.84. The van der Waals surface area contributed by atoms with Gasteiger partial charge in [0.25, 0.3) is 6.43 Å². The number of nitrogens with zero attached hydrogens (tertiary/aromatic N) is 1. The number of ether oxygens (including phenoxy) is 1. The van der Waals surface area contributed by atoms with Crippen LogP contribution in [0.15, 0.2) is 6.07 Å². The highest BCUT2D eigenvalue weighted by Crippen LogP contribution is 2.28. The number of hydrogen-bond acceptors (Lipinski definition) is 4. The number of pyridine rings is 1. The van der Waals surface area contributed by atoms with Gasteiger partial charge in [-0.3, -0.25) is 0 Å². The Hall–Kier alpha value is -1.76. The van der Waals surface area contributed by atoms with Crippen LogP contribution < -0.4 is 10.5 Å². The first-order chi connectivity index (χ1) is 7.51. The van der Waals surface area contributed by atoms with Crippen molar-refractivity contribution in [3.05, 3.63) is 22.9 Å². The average molecular weight is 232 g/mol. The minimum atomic E-state index is -2.92. The lowest BCUT2D eigenvalue weighted by molar-refractivity contribution is 0.0682. The van der Waals surface area contributed by atoms with E-state index in [0.29, 0.717) is 0 Å². The fourth-order valence-electron chi connectivity index (χ4n) is 1.26. The number of halogens is 2.